The van der Waals surface area contributed by atoms with Crippen molar-refractivity contribution in [1.29, 1.82) is 5.26 Å². The summed E-state index contributed by atoms with van der Waals surface area (Å²) in [5.74, 6) is 0.724. The Bertz CT molecular complexity index is 832. The number of ether oxygens (including phenoxy) is 1. The van der Waals surface area contributed by atoms with Gasteiger partial charge < -0.3 is 9.84 Å². The van der Waals surface area contributed by atoms with Gasteiger partial charge in [-0.25, -0.2) is 4.68 Å². The maximum atomic E-state index is 10.4. The van der Waals surface area contributed by atoms with Crippen molar-refractivity contribution in [1.82, 2.24) is 15.0 Å². The molecule has 0 saturated carbocycles. The number of rotatable bonds is 4. The standard InChI is InChI=1S/C17H14N4O2/c1-23-15-8-4-13(5-9-15)17(22)16-11-21(20-19-16)14-6-2-12(10-18)3-7-14/h2-9,11,17,22H,1H3/t17-/m1/s1. The number of nitriles is 1. The minimum atomic E-state index is -0.868. The highest BCUT2D eigenvalue weighted by molar-refractivity contribution is 5.39. The van der Waals surface area contributed by atoms with Gasteiger partial charge in [0.05, 0.1) is 30.6 Å². The van der Waals surface area contributed by atoms with Gasteiger partial charge in [-0.15, -0.1) is 5.10 Å². The molecule has 0 unspecified atom stereocenters. The van der Waals surface area contributed by atoms with Gasteiger partial charge in [0.25, 0.3) is 0 Å². The lowest BCUT2D eigenvalue weighted by Crippen LogP contribution is -2.00. The van der Waals surface area contributed by atoms with Crippen LogP contribution >= 0.6 is 0 Å². The van der Waals surface area contributed by atoms with Gasteiger partial charge in [0.1, 0.15) is 17.5 Å². The molecule has 3 aromatic rings. The Hall–Kier alpha value is -3.17. The number of nitrogens with zero attached hydrogens (tertiary/aromatic N) is 4. The summed E-state index contributed by atoms with van der Waals surface area (Å²) in [4.78, 5) is 0. The van der Waals surface area contributed by atoms with E-state index in [-0.39, 0.29) is 0 Å². The lowest BCUT2D eigenvalue weighted by Gasteiger charge is -2.08. The number of methoxy groups -OCH3 is 1. The van der Waals surface area contributed by atoms with Crippen molar-refractivity contribution in [2.75, 3.05) is 7.11 Å². The minimum Gasteiger partial charge on any atom is -0.497 e. The first-order valence-electron chi connectivity index (χ1n) is 6.96. The molecule has 114 valence electrons. The fraction of sp³-hybridized carbons (Fsp3) is 0.118. The summed E-state index contributed by atoms with van der Waals surface area (Å²) < 4.78 is 6.66. The quantitative estimate of drug-likeness (QED) is 0.799. The van der Waals surface area contributed by atoms with Crippen molar-refractivity contribution in [2.45, 2.75) is 6.10 Å². The number of aliphatic hydroxyl groups excluding tert-OH is 1. The minimum absolute atomic E-state index is 0.444. The van der Waals surface area contributed by atoms with Crippen LogP contribution in [0.1, 0.15) is 22.9 Å². The molecular weight excluding hydrogens is 292 g/mol. The molecule has 1 atom stereocenters. The Balaban J connectivity index is 1.83. The Morgan fingerprint density at radius 1 is 1.13 bits per heavy atom. The molecule has 6 heteroatoms. The maximum absolute atomic E-state index is 10.4. The second kappa shape index (κ2) is 6.30. The molecule has 0 amide bonds. The average Bonchev–Trinajstić information content (AvgIpc) is 3.11. The summed E-state index contributed by atoms with van der Waals surface area (Å²) in [7, 11) is 1.59. The van der Waals surface area contributed by atoms with Gasteiger partial charge >= 0.3 is 0 Å². The van der Waals surface area contributed by atoms with E-state index in [0.717, 1.165) is 11.4 Å². The van der Waals surface area contributed by atoms with Gasteiger partial charge in [0.15, 0.2) is 0 Å². The Kier molecular flexibility index (Phi) is 4.04. The van der Waals surface area contributed by atoms with Crippen LogP contribution in [0.25, 0.3) is 5.69 Å². The van der Waals surface area contributed by atoms with Crippen molar-refractivity contribution in [3.63, 3.8) is 0 Å². The SMILES string of the molecule is COc1ccc([C@@H](O)c2cn(-c3ccc(C#N)cc3)nn2)cc1. The topological polar surface area (TPSA) is 84.0 Å². The third kappa shape index (κ3) is 3.05. The van der Waals surface area contributed by atoms with E-state index >= 15 is 0 Å². The van der Waals surface area contributed by atoms with Crippen molar-refractivity contribution >= 4 is 0 Å². The normalized spacial score (nSPS) is 11.7. The van der Waals surface area contributed by atoms with Gasteiger partial charge in [-0.05, 0) is 42.0 Å². The van der Waals surface area contributed by atoms with Crippen LogP contribution in [-0.2, 0) is 0 Å². The predicted molar refractivity (Wildman–Crippen MR) is 83.1 cm³/mol. The van der Waals surface area contributed by atoms with Crippen LogP contribution in [0.4, 0.5) is 0 Å². The summed E-state index contributed by atoms with van der Waals surface area (Å²) in [6.07, 6.45) is 0.795. The van der Waals surface area contributed by atoms with E-state index in [2.05, 4.69) is 16.4 Å². The smallest absolute Gasteiger partial charge is 0.124 e. The van der Waals surface area contributed by atoms with E-state index < -0.39 is 6.10 Å². The van der Waals surface area contributed by atoms with Crippen LogP contribution in [0.2, 0.25) is 0 Å². The van der Waals surface area contributed by atoms with E-state index in [1.807, 2.05) is 0 Å². The molecule has 0 saturated heterocycles. The zero-order valence-corrected chi connectivity index (χ0v) is 12.4. The first kappa shape index (κ1) is 14.8. The number of hydrogen-bond acceptors (Lipinski definition) is 5. The van der Waals surface area contributed by atoms with Crippen LogP contribution in [0, 0.1) is 11.3 Å². The maximum Gasteiger partial charge on any atom is 0.124 e. The van der Waals surface area contributed by atoms with Crippen molar-refractivity contribution in [3.8, 4) is 17.5 Å². The molecule has 0 aliphatic carbocycles. The lowest BCUT2D eigenvalue weighted by atomic mass is 10.1. The molecule has 0 aliphatic rings. The average molecular weight is 306 g/mol. The summed E-state index contributed by atoms with van der Waals surface area (Å²) in [5, 5.41) is 27.3. The molecule has 0 bridgehead atoms. The summed E-state index contributed by atoms with van der Waals surface area (Å²) in [5.41, 5.74) is 2.49. The molecule has 3 rings (SSSR count). The van der Waals surface area contributed by atoms with E-state index in [9.17, 15) is 5.11 Å². The highest BCUT2D eigenvalue weighted by Gasteiger charge is 2.15. The second-order valence-corrected chi connectivity index (χ2v) is 4.92. The van der Waals surface area contributed by atoms with Crippen molar-refractivity contribution in [3.05, 3.63) is 71.5 Å². The zero-order valence-electron chi connectivity index (χ0n) is 12.4. The van der Waals surface area contributed by atoms with Crippen LogP contribution in [0.3, 0.4) is 0 Å². The zero-order chi connectivity index (χ0) is 16.2. The third-order valence-corrected chi connectivity index (χ3v) is 3.48. The summed E-state index contributed by atoms with van der Waals surface area (Å²) in [6.45, 7) is 0. The fourth-order valence-corrected chi connectivity index (χ4v) is 2.17. The van der Waals surface area contributed by atoms with Crippen molar-refractivity contribution in [2.24, 2.45) is 0 Å². The van der Waals surface area contributed by atoms with Gasteiger partial charge in [-0.3, -0.25) is 0 Å². The van der Waals surface area contributed by atoms with Crippen LogP contribution in [0.5, 0.6) is 5.75 Å². The van der Waals surface area contributed by atoms with E-state index in [1.54, 1.807) is 66.5 Å². The van der Waals surface area contributed by atoms with Gasteiger partial charge in [-0.1, -0.05) is 17.3 Å². The first-order valence-corrected chi connectivity index (χ1v) is 6.96. The molecule has 1 aromatic heterocycles. The highest BCUT2D eigenvalue weighted by atomic mass is 16.5. The number of hydrogen-bond donors (Lipinski definition) is 1. The Labute approximate surface area is 133 Å². The van der Waals surface area contributed by atoms with E-state index in [0.29, 0.717) is 16.8 Å². The van der Waals surface area contributed by atoms with Gasteiger partial charge in [-0.2, -0.15) is 5.26 Å². The Morgan fingerprint density at radius 3 is 2.43 bits per heavy atom. The highest BCUT2D eigenvalue weighted by Crippen LogP contribution is 2.23. The monoisotopic (exact) mass is 306 g/mol. The molecular formula is C17H14N4O2. The van der Waals surface area contributed by atoms with Gasteiger partial charge in [0, 0.05) is 0 Å². The fourth-order valence-electron chi connectivity index (χ4n) is 2.17. The molecule has 2 aromatic carbocycles. The number of aromatic nitrogens is 3. The summed E-state index contributed by atoms with van der Waals surface area (Å²) in [6, 6.07) is 16.2. The van der Waals surface area contributed by atoms with Gasteiger partial charge in [0.2, 0.25) is 0 Å². The number of aliphatic hydroxyl groups is 1. The third-order valence-electron chi connectivity index (χ3n) is 3.48. The van der Waals surface area contributed by atoms with E-state index in [4.69, 9.17) is 10.00 Å². The molecule has 1 heterocycles. The predicted octanol–water partition coefficient (Wildman–Crippen LogP) is 2.23. The molecule has 6 nitrogen and oxygen atoms in total. The molecule has 0 aliphatic heterocycles. The largest absolute Gasteiger partial charge is 0.497 e. The molecule has 1 N–H and O–H groups in total. The molecule has 0 radical (unpaired) electrons. The lowest BCUT2D eigenvalue weighted by molar-refractivity contribution is 0.215. The number of benzene rings is 2. The van der Waals surface area contributed by atoms with Crippen LogP contribution < -0.4 is 4.74 Å². The second-order valence-electron chi connectivity index (χ2n) is 4.92. The molecule has 0 spiro atoms. The Morgan fingerprint density at radius 2 is 1.83 bits per heavy atom. The molecule has 0 fully saturated rings. The van der Waals surface area contributed by atoms with Crippen molar-refractivity contribution < 1.29 is 9.84 Å². The molecule has 23 heavy (non-hydrogen) atoms. The van der Waals surface area contributed by atoms with E-state index in [1.165, 1.54) is 0 Å². The van der Waals surface area contributed by atoms with Crippen LogP contribution in [-0.4, -0.2) is 27.2 Å². The summed E-state index contributed by atoms with van der Waals surface area (Å²) >= 11 is 0. The van der Waals surface area contributed by atoms with Crippen LogP contribution in [0.15, 0.2) is 54.7 Å². The first-order chi connectivity index (χ1) is 11.2.